The van der Waals surface area contributed by atoms with Crippen LogP contribution in [0.2, 0.25) is 0 Å². The number of aryl methyl sites for hydroxylation is 1. The van der Waals surface area contributed by atoms with Crippen LogP contribution in [0.3, 0.4) is 0 Å². The quantitative estimate of drug-likeness (QED) is 0.761. The van der Waals surface area contributed by atoms with Gasteiger partial charge in [0.25, 0.3) is 0 Å². The summed E-state index contributed by atoms with van der Waals surface area (Å²) in [4.78, 5) is 0. The largest absolute Gasteiger partial charge is 0.270 e. The minimum atomic E-state index is -3.21. The number of anilines is 1. The minimum absolute atomic E-state index is 0.130. The summed E-state index contributed by atoms with van der Waals surface area (Å²) in [6.07, 6.45) is 0. The van der Waals surface area contributed by atoms with Gasteiger partial charge in [0, 0.05) is 6.54 Å². The monoisotopic (exact) mass is 250 g/mol. The lowest BCUT2D eigenvalue weighted by molar-refractivity contribution is 0.598. The van der Waals surface area contributed by atoms with E-state index >= 15 is 0 Å². The van der Waals surface area contributed by atoms with Crippen molar-refractivity contribution >= 4 is 15.7 Å². The zero-order valence-corrected chi connectivity index (χ0v) is 10.7. The zero-order valence-electron chi connectivity index (χ0n) is 9.84. The van der Waals surface area contributed by atoms with E-state index in [9.17, 15) is 8.42 Å². The first kappa shape index (κ1) is 11.9. The number of sulfonamides is 1. The van der Waals surface area contributed by atoms with Crippen LogP contribution < -0.4 is 4.31 Å². The summed E-state index contributed by atoms with van der Waals surface area (Å²) >= 11 is 0. The molecule has 1 aromatic rings. The molecule has 0 saturated carbocycles. The molecule has 1 aliphatic heterocycles. The van der Waals surface area contributed by atoms with Crippen molar-refractivity contribution in [1.29, 1.82) is 5.26 Å². The number of hydrogen-bond donors (Lipinski definition) is 0. The van der Waals surface area contributed by atoms with Gasteiger partial charge in [-0.15, -0.1) is 0 Å². The highest BCUT2D eigenvalue weighted by Crippen LogP contribution is 2.30. The lowest BCUT2D eigenvalue weighted by Gasteiger charge is -2.19. The molecule has 0 aromatic heterocycles. The van der Waals surface area contributed by atoms with E-state index in [-0.39, 0.29) is 11.7 Å². The summed E-state index contributed by atoms with van der Waals surface area (Å²) < 4.78 is 25.4. The summed E-state index contributed by atoms with van der Waals surface area (Å²) in [6, 6.07) is 7.16. The molecule has 1 aromatic carbocycles. The molecule has 0 N–H and O–H groups in total. The van der Waals surface area contributed by atoms with Crippen molar-refractivity contribution in [3.05, 3.63) is 29.3 Å². The predicted molar refractivity (Wildman–Crippen MR) is 66.2 cm³/mol. The Morgan fingerprint density at radius 1 is 1.47 bits per heavy atom. The third-order valence-corrected chi connectivity index (χ3v) is 4.92. The normalized spacial score (nSPS) is 22.4. The van der Waals surface area contributed by atoms with Crippen LogP contribution in [0, 0.1) is 24.2 Å². The summed E-state index contributed by atoms with van der Waals surface area (Å²) in [5, 5.41) is 8.86. The molecule has 90 valence electrons. The van der Waals surface area contributed by atoms with Crippen LogP contribution in [-0.4, -0.2) is 20.7 Å². The Kier molecular flexibility index (Phi) is 2.84. The van der Waals surface area contributed by atoms with Crippen molar-refractivity contribution in [2.24, 2.45) is 5.92 Å². The molecule has 1 heterocycles. The first-order valence-electron chi connectivity index (χ1n) is 5.45. The number of benzene rings is 1. The smallest absolute Gasteiger partial charge is 0.235 e. The van der Waals surface area contributed by atoms with Gasteiger partial charge in [-0.05, 0) is 30.5 Å². The van der Waals surface area contributed by atoms with Crippen molar-refractivity contribution in [1.82, 2.24) is 0 Å². The predicted octanol–water partition coefficient (Wildman–Crippen LogP) is 1.65. The van der Waals surface area contributed by atoms with Gasteiger partial charge in [0.15, 0.2) is 0 Å². The third kappa shape index (κ3) is 2.13. The molecule has 0 spiro atoms. The van der Waals surface area contributed by atoms with Gasteiger partial charge in [0.05, 0.1) is 23.1 Å². The van der Waals surface area contributed by atoms with Crippen molar-refractivity contribution < 1.29 is 8.42 Å². The molecule has 0 bridgehead atoms. The van der Waals surface area contributed by atoms with Gasteiger partial charge in [-0.25, -0.2) is 8.42 Å². The standard InChI is InChI=1S/C12H14N2O2S/c1-9-7-14(17(15,16)8-9)12-5-11(6-13)4-3-10(12)2/h3-5,9H,7-8H2,1-2H3. The third-order valence-electron chi connectivity index (χ3n) is 2.92. The molecule has 1 atom stereocenters. The fourth-order valence-corrected chi connectivity index (χ4v) is 4.08. The van der Waals surface area contributed by atoms with E-state index in [4.69, 9.17) is 5.26 Å². The second kappa shape index (κ2) is 4.04. The molecule has 2 rings (SSSR count). The maximum atomic E-state index is 12.0. The summed E-state index contributed by atoms with van der Waals surface area (Å²) in [5.41, 5.74) is 2.00. The van der Waals surface area contributed by atoms with Crippen LogP contribution in [-0.2, 0) is 10.0 Å². The van der Waals surface area contributed by atoms with Gasteiger partial charge in [-0.3, -0.25) is 4.31 Å². The fourth-order valence-electron chi connectivity index (χ4n) is 2.09. The van der Waals surface area contributed by atoms with Crippen LogP contribution in [0.5, 0.6) is 0 Å². The molecule has 1 fully saturated rings. The van der Waals surface area contributed by atoms with Gasteiger partial charge >= 0.3 is 0 Å². The Labute approximate surface area is 102 Å². The maximum absolute atomic E-state index is 12.0. The molecule has 17 heavy (non-hydrogen) atoms. The van der Waals surface area contributed by atoms with E-state index in [1.165, 1.54) is 4.31 Å². The molecular formula is C12H14N2O2S. The van der Waals surface area contributed by atoms with E-state index in [0.29, 0.717) is 17.8 Å². The first-order valence-corrected chi connectivity index (χ1v) is 7.06. The molecule has 0 amide bonds. The number of nitrogens with zero attached hydrogens (tertiary/aromatic N) is 2. The highest BCUT2D eigenvalue weighted by Gasteiger charge is 2.34. The zero-order chi connectivity index (χ0) is 12.6. The lowest BCUT2D eigenvalue weighted by atomic mass is 10.1. The van der Waals surface area contributed by atoms with Crippen molar-refractivity contribution in [2.75, 3.05) is 16.6 Å². The van der Waals surface area contributed by atoms with Crippen LogP contribution in [0.1, 0.15) is 18.1 Å². The van der Waals surface area contributed by atoms with Crippen LogP contribution in [0.4, 0.5) is 5.69 Å². The van der Waals surface area contributed by atoms with E-state index in [0.717, 1.165) is 5.56 Å². The Bertz CT molecular complexity index is 587. The molecule has 4 nitrogen and oxygen atoms in total. The van der Waals surface area contributed by atoms with E-state index in [1.54, 1.807) is 18.2 Å². The summed E-state index contributed by atoms with van der Waals surface area (Å²) in [6.45, 7) is 4.27. The van der Waals surface area contributed by atoms with Gasteiger partial charge in [0.2, 0.25) is 10.0 Å². The molecular weight excluding hydrogens is 236 g/mol. The average Bonchev–Trinajstić information content (AvgIpc) is 2.52. The number of nitriles is 1. The topological polar surface area (TPSA) is 61.2 Å². The van der Waals surface area contributed by atoms with Crippen LogP contribution in [0.15, 0.2) is 18.2 Å². The number of hydrogen-bond acceptors (Lipinski definition) is 3. The van der Waals surface area contributed by atoms with E-state index in [1.807, 2.05) is 19.9 Å². The van der Waals surface area contributed by atoms with Crippen LogP contribution >= 0.6 is 0 Å². The Morgan fingerprint density at radius 2 is 2.18 bits per heavy atom. The van der Waals surface area contributed by atoms with Crippen LogP contribution in [0.25, 0.3) is 0 Å². The summed E-state index contributed by atoms with van der Waals surface area (Å²) in [5.74, 6) is 0.314. The van der Waals surface area contributed by atoms with E-state index < -0.39 is 10.0 Å². The average molecular weight is 250 g/mol. The second-order valence-electron chi connectivity index (χ2n) is 4.53. The SMILES string of the molecule is Cc1ccc(C#N)cc1N1CC(C)CS1(=O)=O. The van der Waals surface area contributed by atoms with Crippen molar-refractivity contribution in [3.63, 3.8) is 0 Å². The summed E-state index contributed by atoms with van der Waals surface area (Å²) in [7, 11) is -3.21. The van der Waals surface area contributed by atoms with Gasteiger partial charge in [0.1, 0.15) is 0 Å². The molecule has 1 saturated heterocycles. The van der Waals surface area contributed by atoms with Gasteiger partial charge < -0.3 is 0 Å². The highest BCUT2D eigenvalue weighted by molar-refractivity contribution is 7.93. The van der Waals surface area contributed by atoms with E-state index in [2.05, 4.69) is 0 Å². The van der Waals surface area contributed by atoms with Gasteiger partial charge in [-0.2, -0.15) is 5.26 Å². The minimum Gasteiger partial charge on any atom is -0.270 e. The molecule has 5 heteroatoms. The highest BCUT2D eigenvalue weighted by atomic mass is 32.2. The fraction of sp³-hybridized carbons (Fsp3) is 0.417. The molecule has 0 aliphatic carbocycles. The molecule has 1 aliphatic rings. The second-order valence-corrected chi connectivity index (χ2v) is 6.47. The van der Waals surface area contributed by atoms with Gasteiger partial charge in [-0.1, -0.05) is 13.0 Å². The number of rotatable bonds is 1. The van der Waals surface area contributed by atoms with Crippen molar-refractivity contribution in [2.45, 2.75) is 13.8 Å². The Morgan fingerprint density at radius 3 is 2.71 bits per heavy atom. The Hall–Kier alpha value is -1.54. The maximum Gasteiger partial charge on any atom is 0.235 e. The molecule has 1 unspecified atom stereocenters. The first-order chi connectivity index (χ1) is 7.94. The lowest BCUT2D eigenvalue weighted by Crippen LogP contribution is -2.26. The van der Waals surface area contributed by atoms with Crippen molar-refractivity contribution in [3.8, 4) is 6.07 Å². The molecule has 0 radical (unpaired) electrons. The Balaban J connectivity index is 2.51.